The first-order valence-electron chi connectivity index (χ1n) is 33.1. The molecule has 0 aliphatic heterocycles. The summed E-state index contributed by atoms with van der Waals surface area (Å²) in [5.41, 5.74) is 5.39. The second-order valence-electron chi connectivity index (χ2n) is 22.0. The summed E-state index contributed by atoms with van der Waals surface area (Å²) in [5, 5.41) is 0. The number of esters is 2. The molecule has 0 amide bonds. The van der Waals surface area contributed by atoms with Crippen molar-refractivity contribution in [3.05, 3.63) is 85.1 Å². The topological polar surface area (TPSA) is 134 Å². The van der Waals surface area contributed by atoms with E-state index in [0.717, 1.165) is 96.3 Å². The molecule has 9 nitrogen and oxygen atoms in total. The van der Waals surface area contributed by atoms with E-state index in [2.05, 4.69) is 98.9 Å². The van der Waals surface area contributed by atoms with Gasteiger partial charge in [-0.25, -0.2) is 4.57 Å². The van der Waals surface area contributed by atoms with Gasteiger partial charge >= 0.3 is 19.8 Å². The van der Waals surface area contributed by atoms with Crippen molar-refractivity contribution in [1.29, 1.82) is 0 Å². The van der Waals surface area contributed by atoms with Crippen LogP contribution in [-0.4, -0.2) is 49.3 Å². The largest absolute Gasteiger partial charge is 0.472 e. The molecule has 0 saturated carbocycles. The monoisotopic (exact) mass is 1130 g/mol. The minimum Gasteiger partial charge on any atom is -0.462 e. The van der Waals surface area contributed by atoms with E-state index in [-0.39, 0.29) is 38.6 Å². The molecule has 2 unspecified atom stereocenters. The van der Waals surface area contributed by atoms with Crippen LogP contribution in [0.5, 0.6) is 0 Å². The van der Waals surface area contributed by atoms with Gasteiger partial charge in [0, 0.05) is 19.4 Å². The molecule has 0 aliphatic carbocycles. The highest BCUT2D eigenvalue weighted by Crippen LogP contribution is 2.43. The van der Waals surface area contributed by atoms with Crippen molar-refractivity contribution in [2.45, 2.75) is 315 Å². The molecule has 0 heterocycles. The lowest BCUT2D eigenvalue weighted by molar-refractivity contribution is -0.161. The first-order chi connectivity index (χ1) is 38.8. The van der Waals surface area contributed by atoms with Crippen LogP contribution in [0.4, 0.5) is 0 Å². The average molecular weight is 1130 g/mol. The maximum atomic E-state index is 12.7. The summed E-state index contributed by atoms with van der Waals surface area (Å²) < 4.78 is 33.1. The quantitative estimate of drug-likeness (QED) is 0.0264. The summed E-state index contributed by atoms with van der Waals surface area (Å²) >= 11 is 0. The Balaban J connectivity index is 3.80. The molecule has 0 bridgehead atoms. The van der Waals surface area contributed by atoms with Gasteiger partial charge in [-0.05, 0) is 89.9 Å². The van der Waals surface area contributed by atoms with E-state index in [1.165, 1.54) is 180 Å². The Hall–Kier alpha value is -2.81. The number of hydrogen-bond donors (Lipinski definition) is 2. The summed E-state index contributed by atoms with van der Waals surface area (Å²) in [6.45, 7) is 3.63. The molecule has 0 saturated heterocycles. The van der Waals surface area contributed by atoms with Gasteiger partial charge in [0.25, 0.3) is 0 Å². The van der Waals surface area contributed by atoms with E-state index in [9.17, 15) is 19.0 Å². The Bertz CT molecular complexity index is 1570. The zero-order chi connectivity index (χ0) is 57.3. The zero-order valence-corrected chi connectivity index (χ0v) is 52.2. The van der Waals surface area contributed by atoms with Crippen molar-refractivity contribution >= 4 is 19.8 Å². The summed E-state index contributed by atoms with van der Waals surface area (Å²) in [7, 11) is -4.40. The first-order valence-corrected chi connectivity index (χ1v) is 34.6. The van der Waals surface area contributed by atoms with E-state index in [4.69, 9.17) is 24.3 Å². The van der Waals surface area contributed by atoms with Crippen LogP contribution in [0.2, 0.25) is 0 Å². The Morgan fingerprint density at radius 1 is 0.392 bits per heavy atom. The lowest BCUT2D eigenvalue weighted by Crippen LogP contribution is -2.29. The van der Waals surface area contributed by atoms with Crippen LogP contribution < -0.4 is 5.73 Å². The summed E-state index contributed by atoms with van der Waals surface area (Å²) in [6.07, 6.45) is 85.4. The van der Waals surface area contributed by atoms with Crippen molar-refractivity contribution in [3.8, 4) is 0 Å². The van der Waals surface area contributed by atoms with Crippen molar-refractivity contribution < 1.29 is 37.6 Å². The van der Waals surface area contributed by atoms with Crippen LogP contribution in [-0.2, 0) is 32.7 Å². The van der Waals surface area contributed by atoms with E-state index < -0.39 is 26.5 Å². The number of nitrogens with two attached hydrogens (primary N) is 1. The van der Waals surface area contributed by atoms with Gasteiger partial charge in [-0.3, -0.25) is 18.6 Å². The highest BCUT2D eigenvalue weighted by molar-refractivity contribution is 7.47. The third kappa shape index (κ3) is 64.2. The molecular formula is C69H124NO8P. The standard InChI is InChI=1S/C69H124NO8P/c1-3-5-7-9-11-13-15-17-19-21-23-24-25-26-27-28-29-30-31-32-33-34-35-36-37-38-39-40-41-42-44-45-47-49-51-53-55-57-59-61-68(71)75-65-67(66-77-79(73,74)76-64-63-70)78-69(72)62-60-58-56-54-52-50-48-46-43-22-20-18-16-14-12-10-8-6-4-2/h6,8,12,14-15,17-18,20-21,23,25-26,43,46,67H,3-5,7,9-11,13,16,19,22,24,27-42,44-45,47-66,70H2,1-2H3,(H,73,74)/b8-6-,14-12-,17-15-,20-18-,23-21-,26-25-,46-43-. The van der Waals surface area contributed by atoms with Crippen molar-refractivity contribution in [2.75, 3.05) is 26.4 Å². The van der Waals surface area contributed by atoms with Crippen LogP contribution in [0.1, 0.15) is 309 Å². The highest BCUT2D eigenvalue weighted by Gasteiger charge is 2.26. The van der Waals surface area contributed by atoms with Crippen LogP contribution in [0, 0.1) is 0 Å². The second kappa shape index (κ2) is 64.4. The number of carbonyl (C=O) groups excluding carboxylic acids is 2. The number of allylic oxidation sites excluding steroid dienone is 14. The molecule has 0 aromatic carbocycles. The molecule has 0 aliphatic rings. The summed E-state index contributed by atoms with van der Waals surface area (Å²) in [5.74, 6) is -0.836. The molecule has 0 fully saturated rings. The number of rotatable bonds is 62. The molecule has 0 rings (SSSR count). The molecule has 3 N–H and O–H groups in total. The molecule has 0 aromatic rings. The molecule has 0 spiro atoms. The Morgan fingerprint density at radius 2 is 0.696 bits per heavy atom. The van der Waals surface area contributed by atoms with Gasteiger partial charge in [-0.1, -0.05) is 292 Å². The average Bonchev–Trinajstić information content (AvgIpc) is 3.44. The Kier molecular flexibility index (Phi) is 62.1. The molecular weight excluding hydrogens is 1000 g/mol. The van der Waals surface area contributed by atoms with E-state index >= 15 is 0 Å². The molecule has 458 valence electrons. The predicted molar refractivity (Wildman–Crippen MR) is 339 cm³/mol. The number of carbonyl (C=O) groups is 2. The number of unbranched alkanes of at least 4 members (excludes halogenated alkanes) is 35. The fraction of sp³-hybridized carbons (Fsp3) is 0.768. The number of hydrogen-bond acceptors (Lipinski definition) is 8. The van der Waals surface area contributed by atoms with Gasteiger partial charge in [0.2, 0.25) is 0 Å². The summed E-state index contributed by atoms with van der Waals surface area (Å²) in [6, 6.07) is 0. The zero-order valence-electron chi connectivity index (χ0n) is 51.3. The van der Waals surface area contributed by atoms with Crippen LogP contribution in [0.15, 0.2) is 85.1 Å². The smallest absolute Gasteiger partial charge is 0.462 e. The van der Waals surface area contributed by atoms with Gasteiger partial charge in [-0.2, -0.15) is 0 Å². The Labute approximate surface area is 487 Å². The third-order valence-corrected chi connectivity index (χ3v) is 15.2. The fourth-order valence-corrected chi connectivity index (χ4v) is 10.2. The predicted octanol–water partition coefficient (Wildman–Crippen LogP) is 21.4. The fourth-order valence-electron chi connectivity index (χ4n) is 9.40. The molecule has 2 atom stereocenters. The lowest BCUT2D eigenvalue weighted by Gasteiger charge is -2.19. The third-order valence-electron chi connectivity index (χ3n) is 14.3. The minimum absolute atomic E-state index is 0.0488. The van der Waals surface area contributed by atoms with E-state index in [0.29, 0.717) is 6.42 Å². The van der Waals surface area contributed by atoms with Gasteiger partial charge in [0.1, 0.15) is 6.61 Å². The maximum absolute atomic E-state index is 12.7. The molecule has 0 radical (unpaired) electrons. The van der Waals surface area contributed by atoms with E-state index in [1.807, 2.05) is 0 Å². The molecule has 10 heteroatoms. The number of ether oxygens (including phenoxy) is 2. The number of phosphoric ester groups is 1. The Morgan fingerprint density at radius 3 is 1.04 bits per heavy atom. The minimum atomic E-state index is -4.40. The SMILES string of the molecule is CC/C=C\C/C=C\C/C=C\C/C=C\CCCCCCCCC(=O)OC(COC(=O)CCCCCCCCCCCCCCCCCCCCCCCCCC/C=C\C/C=C\C/C=C\CCCCCCC)COP(=O)(O)OCCN. The normalized spacial score (nSPS) is 13.5. The highest BCUT2D eigenvalue weighted by atomic mass is 31.2. The maximum Gasteiger partial charge on any atom is 0.472 e. The van der Waals surface area contributed by atoms with E-state index in [1.54, 1.807) is 0 Å². The van der Waals surface area contributed by atoms with Crippen LogP contribution in [0.3, 0.4) is 0 Å². The van der Waals surface area contributed by atoms with Crippen molar-refractivity contribution in [1.82, 2.24) is 0 Å². The first kappa shape index (κ1) is 76.2. The van der Waals surface area contributed by atoms with Crippen molar-refractivity contribution in [3.63, 3.8) is 0 Å². The van der Waals surface area contributed by atoms with Gasteiger partial charge in [0.15, 0.2) is 6.10 Å². The molecule has 79 heavy (non-hydrogen) atoms. The van der Waals surface area contributed by atoms with Gasteiger partial charge < -0.3 is 20.1 Å². The van der Waals surface area contributed by atoms with Gasteiger partial charge in [0.05, 0.1) is 13.2 Å². The van der Waals surface area contributed by atoms with Crippen molar-refractivity contribution in [2.24, 2.45) is 5.73 Å². The lowest BCUT2D eigenvalue weighted by atomic mass is 10.0. The van der Waals surface area contributed by atoms with Crippen LogP contribution >= 0.6 is 7.82 Å². The second-order valence-corrected chi connectivity index (χ2v) is 23.4. The van der Waals surface area contributed by atoms with Crippen LogP contribution in [0.25, 0.3) is 0 Å². The van der Waals surface area contributed by atoms with Gasteiger partial charge in [-0.15, -0.1) is 0 Å². The number of phosphoric acid groups is 1. The molecule has 0 aromatic heterocycles. The summed E-state index contributed by atoms with van der Waals surface area (Å²) in [4.78, 5) is 35.2.